The second-order valence-electron chi connectivity index (χ2n) is 5.25. The Morgan fingerprint density at radius 2 is 2.00 bits per heavy atom. The molecule has 0 heterocycles. The van der Waals surface area contributed by atoms with E-state index >= 15 is 0 Å². The molecule has 21 heavy (non-hydrogen) atoms. The van der Waals surface area contributed by atoms with Gasteiger partial charge in [-0.05, 0) is 31.9 Å². The molecule has 0 fully saturated rings. The quantitative estimate of drug-likeness (QED) is 0.644. The lowest BCUT2D eigenvalue weighted by Crippen LogP contribution is -2.47. The molecule has 1 aromatic carbocycles. The van der Waals surface area contributed by atoms with E-state index in [2.05, 4.69) is 18.7 Å². The molecular weight excluding hydrogens is 286 g/mol. The molecule has 1 atom stereocenters. The fraction of sp³-hybridized carbons (Fsp3) is 0.588. The van der Waals surface area contributed by atoms with Gasteiger partial charge in [-0.15, -0.1) is 0 Å². The standard InChI is InChI=1S/C17H26ClNO2/c1-5-16(6-2)19(10-11-21-4)13(3)17(20)14-8-7-9-15(18)12-14/h7-9,12-13,16H,5-6,10-11H2,1-4H3. The first-order valence-electron chi connectivity index (χ1n) is 7.59. The highest BCUT2D eigenvalue weighted by Gasteiger charge is 2.26. The number of methoxy groups -OCH3 is 1. The number of hydrogen-bond acceptors (Lipinski definition) is 3. The Bertz CT molecular complexity index is 446. The first-order chi connectivity index (χ1) is 10.0. The molecule has 4 heteroatoms. The van der Waals surface area contributed by atoms with Gasteiger partial charge >= 0.3 is 0 Å². The van der Waals surface area contributed by atoms with Gasteiger partial charge < -0.3 is 4.74 Å². The number of nitrogens with zero attached hydrogens (tertiary/aromatic N) is 1. The number of Topliss-reactive ketones (excluding diaryl/α,β-unsaturated/α-hetero) is 1. The molecule has 0 spiro atoms. The van der Waals surface area contributed by atoms with Gasteiger partial charge in [0, 0.05) is 30.3 Å². The molecular formula is C17H26ClNO2. The van der Waals surface area contributed by atoms with Crippen LogP contribution in [0, 0.1) is 0 Å². The third kappa shape index (κ3) is 5.10. The molecule has 0 saturated carbocycles. The average molecular weight is 312 g/mol. The van der Waals surface area contributed by atoms with Gasteiger partial charge in [0.1, 0.15) is 0 Å². The number of benzene rings is 1. The SMILES string of the molecule is CCC(CC)N(CCOC)C(C)C(=O)c1cccc(Cl)c1. The zero-order valence-electron chi connectivity index (χ0n) is 13.4. The van der Waals surface area contributed by atoms with Crippen LogP contribution < -0.4 is 0 Å². The van der Waals surface area contributed by atoms with Crippen LogP contribution in [0.2, 0.25) is 5.02 Å². The number of ketones is 1. The molecule has 1 unspecified atom stereocenters. The van der Waals surface area contributed by atoms with E-state index in [1.165, 1.54) is 0 Å². The lowest BCUT2D eigenvalue weighted by molar-refractivity contribution is 0.0632. The van der Waals surface area contributed by atoms with Crippen molar-refractivity contribution in [2.45, 2.75) is 45.7 Å². The van der Waals surface area contributed by atoms with Gasteiger partial charge in [-0.25, -0.2) is 0 Å². The average Bonchev–Trinajstić information content (AvgIpc) is 2.50. The number of carbonyl (C=O) groups is 1. The van der Waals surface area contributed by atoms with Gasteiger partial charge in [-0.2, -0.15) is 0 Å². The maximum Gasteiger partial charge on any atom is 0.179 e. The third-order valence-corrected chi connectivity index (χ3v) is 4.19. The van der Waals surface area contributed by atoms with E-state index in [1.54, 1.807) is 19.2 Å². The Labute approximate surface area is 133 Å². The van der Waals surface area contributed by atoms with Crippen LogP contribution in [-0.2, 0) is 4.74 Å². The zero-order chi connectivity index (χ0) is 15.8. The van der Waals surface area contributed by atoms with Crippen molar-refractivity contribution >= 4 is 17.4 Å². The number of carbonyl (C=O) groups excluding carboxylic acids is 1. The van der Waals surface area contributed by atoms with Crippen molar-refractivity contribution in [2.24, 2.45) is 0 Å². The van der Waals surface area contributed by atoms with Gasteiger partial charge in [0.25, 0.3) is 0 Å². The first-order valence-corrected chi connectivity index (χ1v) is 7.97. The molecule has 0 amide bonds. The normalized spacial score (nSPS) is 12.9. The van der Waals surface area contributed by atoms with E-state index < -0.39 is 0 Å². The van der Waals surface area contributed by atoms with Crippen LogP contribution in [0.25, 0.3) is 0 Å². The number of hydrogen-bond donors (Lipinski definition) is 0. The van der Waals surface area contributed by atoms with Crippen molar-refractivity contribution in [3.05, 3.63) is 34.9 Å². The third-order valence-electron chi connectivity index (χ3n) is 3.95. The summed E-state index contributed by atoms with van der Waals surface area (Å²) in [7, 11) is 1.69. The second-order valence-corrected chi connectivity index (χ2v) is 5.69. The molecule has 1 rings (SSSR count). The number of halogens is 1. The van der Waals surface area contributed by atoms with E-state index in [-0.39, 0.29) is 11.8 Å². The van der Waals surface area contributed by atoms with Gasteiger partial charge in [0.15, 0.2) is 5.78 Å². The summed E-state index contributed by atoms with van der Waals surface area (Å²) in [6.07, 6.45) is 2.04. The topological polar surface area (TPSA) is 29.5 Å². The van der Waals surface area contributed by atoms with Crippen molar-refractivity contribution in [3.8, 4) is 0 Å². The summed E-state index contributed by atoms with van der Waals surface area (Å²) in [5.41, 5.74) is 0.670. The Kier molecular flexibility index (Phi) is 7.94. The van der Waals surface area contributed by atoms with Crippen LogP contribution >= 0.6 is 11.6 Å². The molecule has 1 aromatic rings. The summed E-state index contributed by atoms with van der Waals surface area (Å²) >= 11 is 5.99. The molecule has 0 aliphatic carbocycles. The molecule has 3 nitrogen and oxygen atoms in total. The molecule has 0 bridgehead atoms. The predicted molar refractivity (Wildman–Crippen MR) is 88.2 cm³/mol. The van der Waals surface area contributed by atoms with Crippen molar-refractivity contribution < 1.29 is 9.53 Å². The molecule has 0 aliphatic heterocycles. The first kappa shape index (κ1) is 18.1. The lowest BCUT2D eigenvalue weighted by Gasteiger charge is -2.34. The van der Waals surface area contributed by atoms with E-state index in [0.717, 1.165) is 19.4 Å². The fourth-order valence-electron chi connectivity index (χ4n) is 2.68. The van der Waals surface area contributed by atoms with Crippen molar-refractivity contribution in [3.63, 3.8) is 0 Å². The minimum atomic E-state index is -0.177. The minimum Gasteiger partial charge on any atom is -0.383 e. The molecule has 0 saturated heterocycles. The van der Waals surface area contributed by atoms with Gasteiger partial charge in [-0.3, -0.25) is 9.69 Å². The maximum absolute atomic E-state index is 12.7. The Balaban J connectivity index is 2.92. The Morgan fingerprint density at radius 1 is 1.33 bits per heavy atom. The Morgan fingerprint density at radius 3 is 2.52 bits per heavy atom. The summed E-state index contributed by atoms with van der Waals surface area (Å²) < 4.78 is 5.19. The summed E-state index contributed by atoms with van der Waals surface area (Å²) in [5.74, 6) is 0.112. The van der Waals surface area contributed by atoms with Crippen LogP contribution in [0.3, 0.4) is 0 Å². The number of ether oxygens (including phenoxy) is 1. The minimum absolute atomic E-state index is 0.112. The molecule has 0 aromatic heterocycles. The number of rotatable bonds is 9. The second kappa shape index (κ2) is 9.19. The largest absolute Gasteiger partial charge is 0.383 e. The van der Waals surface area contributed by atoms with Crippen molar-refractivity contribution in [1.29, 1.82) is 0 Å². The lowest BCUT2D eigenvalue weighted by atomic mass is 10.0. The van der Waals surface area contributed by atoms with E-state index in [1.807, 2.05) is 19.1 Å². The molecule has 0 aliphatic rings. The van der Waals surface area contributed by atoms with Gasteiger partial charge in [-0.1, -0.05) is 37.6 Å². The molecule has 0 radical (unpaired) electrons. The highest BCUT2D eigenvalue weighted by atomic mass is 35.5. The molecule has 0 N–H and O–H groups in total. The monoisotopic (exact) mass is 311 g/mol. The smallest absolute Gasteiger partial charge is 0.179 e. The Hall–Kier alpha value is -0.900. The zero-order valence-corrected chi connectivity index (χ0v) is 14.2. The van der Waals surface area contributed by atoms with Crippen LogP contribution in [-0.4, -0.2) is 43.0 Å². The summed E-state index contributed by atoms with van der Waals surface area (Å²) in [4.78, 5) is 14.9. The maximum atomic E-state index is 12.7. The van der Waals surface area contributed by atoms with Crippen LogP contribution in [0.1, 0.15) is 44.0 Å². The van der Waals surface area contributed by atoms with E-state index in [9.17, 15) is 4.79 Å². The highest BCUT2D eigenvalue weighted by molar-refractivity contribution is 6.31. The van der Waals surface area contributed by atoms with Crippen LogP contribution in [0.5, 0.6) is 0 Å². The highest BCUT2D eigenvalue weighted by Crippen LogP contribution is 2.18. The fourth-order valence-corrected chi connectivity index (χ4v) is 2.87. The van der Waals surface area contributed by atoms with Crippen LogP contribution in [0.15, 0.2) is 24.3 Å². The van der Waals surface area contributed by atoms with Gasteiger partial charge in [0.05, 0.1) is 12.6 Å². The predicted octanol–water partition coefficient (Wildman–Crippen LogP) is 4.05. The van der Waals surface area contributed by atoms with Crippen LogP contribution in [0.4, 0.5) is 0 Å². The van der Waals surface area contributed by atoms with E-state index in [4.69, 9.17) is 16.3 Å². The van der Waals surface area contributed by atoms with Crippen molar-refractivity contribution in [2.75, 3.05) is 20.3 Å². The van der Waals surface area contributed by atoms with E-state index in [0.29, 0.717) is 23.2 Å². The van der Waals surface area contributed by atoms with Crippen molar-refractivity contribution in [1.82, 2.24) is 4.90 Å². The summed E-state index contributed by atoms with van der Waals surface area (Å²) in [6, 6.07) is 7.38. The van der Waals surface area contributed by atoms with Gasteiger partial charge in [0.2, 0.25) is 0 Å². The summed E-state index contributed by atoms with van der Waals surface area (Å²) in [6.45, 7) is 7.67. The summed E-state index contributed by atoms with van der Waals surface area (Å²) in [5, 5.41) is 0.596. The molecule has 118 valence electrons.